The summed E-state index contributed by atoms with van der Waals surface area (Å²) in [5, 5.41) is 6.14. The van der Waals surface area contributed by atoms with Crippen LogP contribution in [-0.2, 0) is 16.4 Å². The molecular formula is C16H25N3O3S. The van der Waals surface area contributed by atoms with Crippen molar-refractivity contribution < 1.29 is 13.2 Å². The van der Waals surface area contributed by atoms with Gasteiger partial charge < -0.3 is 10.6 Å². The summed E-state index contributed by atoms with van der Waals surface area (Å²) >= 11 is 0. The first-order valence-electron chi connectivity index (χ1n) is 7.95. The third-order valence-corrected chi connectivity index (χ3v) is 5.12. The highest BCUT2D eigenvalue weighted by molar-refractivity contribution is 7.92. The van der Waals surface area contributed by atoms with Gasteiger partial charge in [0.2, 0.25) is 10.0 Å². The zero-order valence-electron chi connectivity index (χ0n) is 13.9. The van der Waals surface area contributed by atoms with Gasteiger partial charge >= 0.3 is 0 Å². The van der Waals surface area contributed by atoms with Crippen LogP contribution >= 0.6 is 0 Å². The molecule has 0 radical (unpaired) electrons. The van der Waals surface area contributed by atoms with Crippen molar-refractivity contribution in [1.29, 1.82) is 0 Å². The van der Waals surface area contributed by atoms with Crippen LogP contribution < -0.4 is 14.9 Å². The number of anilines is 1. The highest BCUT2D eigenvalue weighted by Crippen LogP contribution is 2.29. The number of sulfonamides is 1. The Labute approximate surface area is 138 Å². The van der Waals surface area contributed by atoms with E-state index in [4.69, 9.17) is 0 Å². The minimum Gasteiger partial charge on any atom is -0.350 e. The molecule has 0 aromatic heterocycles. The highest BCUT2D eigenvalue weighted by Gasteiger charge is 2.24. The van der Waals surface area contributed by atoms with Crippen LogP contribution in [0.2, 0.25) is 0 Å². The molecule has 0 spiro atoms. The average Bonchev–Trinajstić information content (AvgIpc) is 2.50. The molecule has 7 heteroatoms. The van der Waals surface area contributed by atoms with E-state index in [2.05, 4.69) is 10.6 Å². The summed E-state index contributed by atoms with van der Waals surface area (Å²) < 4.78 is 25.1. The molecular weight excluding hydrogens is 314 g/mol. The lowest BCUT2D eigenvalue weighted by atomic mass is 10.0. The topological polar surface area (TPSA) is 78.5 Å². The number of carbonyl (C=O) groups is 1. The number of benzene rings is 1. The first-order chi connectivity index (χ1) is 10.8. The molecule has 0 fully saturated rings. The molecule has 0 bridgehead atoms. The zero-order chi connectivity index (χ0) is 17.0. The van der Waals surface area contributed by atoms with E-state index in [0.717, 1.165) is 24.9 Å². The number of nitrogens with zero attached hydrogens (tertiary/aromatic N) is 1. The second-order valence-electron chi connectivity index (χ2n) is 5.95. The molecule has 0 saturated heterocycles. The second-order valence-corrected chi connectivity index (χ2v) is 7.86. The maximum absolute atomic E-state index is 12.2. The summed E-state index contributed by atoms with van der Waals surface area (Å²) in [5.41, 5.74) is 2.17. The lowest BCUT2D eigenvalue weighted by Gasteiger charge is -2.29. The Bertz CT molecular complexity index is 673. The number of aryl methyl sites for hydroxylation is 1. The van der Waals surface area contributed by atoms with Gasteiger partial charge in [-0.05, 0) is 50.1 Å². The van der Waals surface area contributed by atoms with Gasteiger partial charge in [0.15, 0.2) is 0 Å². The number of hydrogen-bond acceptors (Lipinski definition) is 4. The first kappa shape index (κ1) is 17.7. The third kappa shape index (κ3) is 4.45. The molecule has 0 unspecified atom stereocenters. The monoisotopic (exact) mass is 339 g/mol. The first-order valence-corrected chi connectivity index (χ1v) is 9.80. The van der Waals surface area contributed by atoms with Crippen molar-refractivity contribution in [3.8, 4) is 0 Å². The molecule has 0 aliphatic carbocycles. The third-order valence-electron chi connectivity index (χ3n) is 3.94. The van der Waals surface area contributed by atoms with E-state index in [1.54, 1.807) is 18.2 Å². The second kappa shape index (κ2) is 7.31. The summed E-state index contributed by atoms with van der Waals surface area (Å²) in [7, 11) is -3.28. The predicted molar refractivity (Wildman–Crippen MR) is 92.4 cm³/mol. The van der Waals surface area contributed by atoms with E-state index in [1.165, 1.54) is 10.6 Å². The lowest BCUT2D eigenvalue weighted by Crippen LogP contribution is -2.39. The molecule has 2 rings (SSSR count). The van der Waals surface area contributed by atoms with Crippen molar-refractivity contribution in [3.63, 3.8) is 0 Å². The van der Waals surface area contributed by atoms with Crippen molar-refractivity contribution in [2.45, 2.75) is 32.7 Å². The molecule has 1 amide bonds. The largest absolute Gasteiger partial charge is 0.350 e. The van der Waals surface area contributed by atoms with Gasteiger partial charge in [-0.1, -0.05) is 6.92 Å². The summed E-state index contributed by atoms with van der Waals surface area (Å²) in [4.78, 5) is 12.2. The Kier molecular flexibility index (Phi) is 5.64. The molecule has 128 valence electrons. The predicted octanol–water partition coefficient (Wildman–Crippen LogP) is 1.13. The number of rotatable bonds is 6. The number of carbonyl (C=O) groups excluding carboxylic acids is 1. The van der Waals surface area contributed by atoms with Crippen LogP contribution in [0.25, 0.3) is 0 Å². The van der Waals surface area contributed by atoms with Gasteiger partial charge in [-0.3, -0.25) is 9.10 Å². The van der Waals surface area contributed by atoms with Crippen LogP contribution in [0.15, 0.2) is 18.2 Å². The lowest BCUT2D eigenvalue weighted by molar-refractivity contribution is 0.0950. The average molecular weight is 339 g/mol. The fraction of sp³-hybridized carbons (Fsp3) is 0.562. The fourth-order valence-electron chi connectivity index (χ4n) is 2.82. The Balaban J connectivity index is 2.13. The van der Waals surface area contributed by atoms with Gasteiger partial charge in [-0.25, -0.2) is 8.42 Å². The van der Waals surface area contributed by atoms with Crippen molar-refractivity contribution in [2.75, 3.05) is 30.2 Å². The molecule has 1 atom stereocenters. The Hall–Kier alpha value is -1.60. The van der Waals surface area contributed by atoms with Gasteiger partial charge in [0.25, 0.3) is 5.91 Å². The Morgan fingerprint density at radius 1 is 1.39 bits per heavy atom. The smallest absolute Gasteiger partial charge is 0.251 e. The molecule has 23 heavy (non-hydrogen) atoms. The maximum atomic E-state index is 12.2. The molecule has 1 heterocycles. The van der Waals surface area contributed by atoms with E-state index in [9.17, 15) is 13.2 Å². The Morgan fingerprint density at radius 3 is 2.78 bits per heavy atom. The molecule has 6 nitrogen and oxygen atoms in total. The van der Waals surface area contributed by atoms with Crippen LogP contribution in [0.5, 0.6) is 0 Å². The van der Waals surface area contributed by atoms with Gasteiger partial charge in [0.05, 0.1) is 11.9 Å². The summed E-state index contributed by atoms with van der Waals surface area (Å²) in [5.74, 6) is -0.131. The molecule has 1 aliphatic heterocycles. The van der Waals surface area contributed by atoms with Crippen LogP contribution in [0, 0.1) is 0 Å². The molecule has 2 N–H and O–H groups in total. The summed E-state index contributed by atoms with van der Waals surface area (Å²) in [6.07, 6.45) is 2.77. The number of hydrogen-bond donors (Lipinski definition) is 2. The van der Waals surface area contributed by atoms with Crippen LogP contribution in [-0.4, -0.2) is 46.3 Å². The minimum atomic E-state index is -3.28. The summed E-state index contributed by atoms with van der Waals surface area (Å²) in [6, 6.07) is 5.44. The van der Waals surface area contributed by atoms with Crippen molar-refractivity contribution in [1.82, 2.24) is 10.6 Å². The fourth-order valence-corrected chi connectivity index (χ4v) is 3.81. The van der Waals surface area contributed by atoms with Crippen molar-refractivity contribution in [3.05, 3.63) is 29.3 Å². The van der Waals surface area contributed by atoms with E-state index in [-0.39, 0.29) is 11.9 Å². The molecule has 1 aliphatic rings. The van der Waals surface area contributed by atoms with E-state index in [0.29, 0.717) is 24.3 Å². The summed E-state index contributed by atoms with van der Waals surface area (Å²) in [6.45, 7) is 5.95. The Morgan fingerprint density at radius 2 is 2.13 bits per heavy atom. The number of nitrogens with one attached hydrogen (secondary N) is 2. The zero-order valence-corrected chi connectivity index (χ0v) is 14.7. The van der Waals surface area contributed by atoms with Crippen LogP contribution in [0.1, 0.15) is 36.2 Å². The van der Waals surface area contributed by atoms with Gasteiger partial charge in [0, 0.05) is 24.7 Å². The quantitative estimate of drug-likeness (QED) is 0.814. The van der Waals surface area contributed by atoms with Crippen LogP contribution in [0.4, 0.5) is 5.69 Å². The van der Waals surface area contributed by atoms with E-state index < -0.39 is 10.0 Å². The maximum Gasteiger partial charge on any atom is 0.251 e. The SMILES string of the molecule is CCN[C@H](C)CNC(=O)c1ccc2c(c1)CCCN2S(C)(=O)=O. The molecule has 1 aromatic carbocycles. The highest BCUT2D eigenvalue weighted by atomic mass is 32.2. The van der Waals surface area contributed by atoms with Gasteiger partial charge in [-0.15, -0.1) is 0 Å². The molecule has 1 aromatic rings. The number of likely N-dealkylation sites (N-methyl/N-ethyl adjacent to an activating group) is 1. The molecule has 0 saturated carbocycles. The van der Waals surface area contributed by atoms with Crippen LogP contribution in [0.3, 0.4) is 0 Å². The van der Waals surface area contributed by atoms with Crippen molar-refractivity contribution >= 4 is 21.6 Å². The van der Waals surface area contributed by atoms with Gasteiger partial charge in [-0.2, -0.15) is 0 Å². The van der Waals surface area contributed by atoms with Gasteiger partial charge in [0.1, 0.15) is 0 Å². The standard InChI is InChI=1S/C16H25N3O3S/c1-4-17-12(2)11-18-16(20)14-7-8-15-13(10-14)6-5-9-19(15)23(3,21)22/h7-8,10,12,17H,4-6,9,11H2,1-3H3,(H,18,20)/t12-/m1/s1. The van der Waals surface area contributed by atoms with E-state index >= 15 is 0 Å². The number of fused-ring (bicyclic) bond motifs is 1. The normalized spacial score (nSPS) is 15.9. The van der Waals surface area contributed by atoms with E-state index in [1.807, 2.05) is 13.8 Å². The minimum absolute atomic E-state index is 0.131. The van der Waals surface area contributed by atoms with Crippen molar-refractivity contribution in [2.24, 2.45) is 0 Å². The number of amides is 1.